The lowest BCUT2D eigenvalue weighted by Crippen LogP contribution is -2.34. The van der Waals surface area contributed by atoms with Crippen molar-refractivity contribution in [1.82, 2.24) is 4.72 Å². The lowest BCUT2D eigenvalue weighted by atomic mass is 10.00. The molecule has 0 aliphatic rings. The highest BCUT2D eigenvalue weighted by atomic mass is 79.9. The van der Waals surface area contributed by atoms with Gasteiger partial charge in [-0.15, -0.1) is 0 Å². The standard InChI is InChI=1S/C11H21BrF3NO2S/c1-3-9(4-2)10(12)8-16-19(17,18)7-5-6-11(13,14)15/h9-10,16H,3-8H2,1-2H3. The van der Waals surface area contributed by atoms with Gasteiger partial charge in [0.2, 0.25) is 10.0 Å². The zero-order chi connectivity index (χ0) is 15.1. The molecule has 1 N–H and O–H groups in total. The fourth-order valence-electron chi connectivity index (χ4n) is 1.71. The van der Waals surface area contributed by atoms with E-state index in [-0.39, 0.29) is 11.4 Å². The first-order valence-electron chi connectivity index (χ1n) is 6.29. The third-order valence-corrected chi connectivity index (χ3v) is 5.44. The molecule has 0 amide bonds. The minimum Gasteiger partial charge on any atom is -0.214 e. The summed E-state index contributed by atoms with van der Waals surface area (Å²) in [6.07, 6.45) is -3.94. The van der Waals surface area contributed by atoms with Crippen LogP contribution < -0.4 is 4.72 Å². The molecule has 0 aliphatic heterocycles. The third kappa shape index (κ3) is 9.67. The number of halogens is 4. The van der Waals surface area contributed by atoms with Crippen LogP contribution in [-0.2, 0) is 10.0 Å². The zero-order valence-electron chi connectivity index (χ0n) is 11.1. The number of sulfonamides is 1. The van der Waals surface area contributed by atoms with E-state index in [0.717, 1.165) is 12.8 Å². The van der Waals surface area contributed by atoms with Crippen molar-refractivity contribution in [1.29, 1.82) is 0 Å². The summed E-state index contributed by atoms with van der Waals surface area (Å²) >= 11 is 3.41. The van der Waals surface area contributed by atoms with Crippen LogP contribution >= 0.6 is 15.9 Å². The second-order valence-electron chi connectivity index (χ2n) is 4.48. The molecule has 8 heteroatoms. The third-order valence-electron chi connectivity index (χ3n) is 2.93. The molecule has 0 bridgehead atoms. The van der Waals surface area contributed by atoms with Crippen LogP contribution in [0, 0.1) is 5.92 Å². The average Bonchev–Trinajstić information content (AvgIpc) is 2.26. The predicted octanol–water partition coefficient (Wildman–Crippen LogP) is 3.45. The summed E-state index contributed by atoms with van der Waals surface area (Å²) in [5.41, 5.74) is 0. The van der Waals surface area contributed by atoms with Gasteiger partial charge >= 0.3 is 6.18 Å². The second kappa shape index (κ2) is 8.46. The van der Waals surface area contributed by atoms with E-state index in [9.17, 15) is 21.6 Å². The molecule has 19 heavy (non-hydrogen) atoms. The number of rotatable bonds is 9. The minimum atomic E-state index is -4.30. The molecule has 0 aromatic heterocycles. The molecule has 0 aliphatic carbocycles. The fraction of sp³-hybridized carbons (Fsp3) is 1.00. The highest BCUT2D eigenvalue weighted by molar-refractivity contribution is 9.09. The van der Waals surface area contributed by atoms with Gasteiger partial charge in [-0.05, 0) is 12.3 Å². The van der Waals surface area contributed by atoms with Crippen molar-refractivity contribution < 1.29 is 21.6 Å². The molecule has 3 nitrogen and oxygen atoms in total. The largest absolute Gasteiger partial charge is 0.389 e. The number of nitrogens with one attached hydrogen (secondary N) is 1. The van der Waals surface area contributed by atoms with E-state index in [1.807, 2.05) is 13.8 Å². The first-order valence-corrected chi connectivity index (χ1v) is 8.86. The van der Waals surface area contributed by atoms with Gasteiger partial charge in [0.25, 0.3) is 0 Å². The van der Waals surface area contributed by atoms with Gasteiger partial charge in [-0.25, -0.2) is 13.1 Å². The van der Waals surface area contributed by atoms with E-state index in [0.29, 0.717) is 5.92 Å². The van der Waals surface area contributed by atoms with Gasteiger partial charge in [0.05, 0.1) is 5.75 Å². The van der Waals surface area contributed by atoms with Crippen LogP contribution in [-0.4, -0.2) is 31.7 Å². The molecule has 0 heterocycles. The van der Waals surface area contributed by atoms with Crippen LogP contribution in [0.2, 0.25) is 0 Å². The molecular formula is C11H21BrF3NO2S. The van der Waals surface area contributed by atoms with Crippen molar-refractivity contribution in [2.24, 2.45) is 5.92 Å². The van der Waals surface area contributed by atoms with Gasteiger partial charge in [0.15, 0.2) is 0 Å². The zero-order valence-corrected chi connectivity index (χ0v) is 13.5. The predicted molar refractivity (Wildman–Crippen MR) is 73.9 cm³/mol. The smallest absolute Gasteiger partial charge is 0.214 e. The van der Waals surface area contributed by atoms with Crippen LogP contribution in [0.5, 0.6) is 0 Å². The molecule has 0 saturated heterocycles. The molecule has 0 spiro atoms. The summed E-state index contributed by atoms with van der Waals surface area (Å²) in [6, 6.07) is 0. The maximum atomic E-state index is 11.9. The minimum absolute atomic E-state index is 0.000101. The van der Waals surface area contributed by atoms with Crippen LogP contribution in [0.15, 0.2) is 0 Å². The Bertz CT molecular complexity index is 342. The lowest BCUT2D eigenvalue weighted by molar-refractivity contribution is -0.134. The van der Waals surface area contributed by atoms with Crippen LogP contribution in [0.3, 0.4) is 0 Å². The molecule has 0 aromatic carbocycles. The quantitative estimate of drug-likeness (QED) is 0.634. The number of hydrogen-bond donors (Lipinski definition) is 1. The molecule has 1 atom stereocenters. The molecule has 0 fully saturated rings. The normalized spacial score (nSPS) is 14.9. The van der Waals surface area contributed by atoms with E-state index in [1.54, 1.807) is 0 Å². The summed E-state index contributed by atoms with van der Waals surface area (Å²) in [5.74, 6) is -0.146. The van der Waals surface area contributed by atoms with E-state index in [4.69, 9.17) is 0 Å². The van der Waals surface area contributed by atoms with Crippen molar-refractivity contribution in [2.45, 2.75) is 50.5 Å². The van der Waals surface area contributed by atoms with E-state index in [1.165, 1.54) is 0 Å². The number of hydrogen-bond acceptors (Lipinski definition) is 2. The Hall–Kier alpha value is 0.180. The summed E-state index contributed by atoms with van der Waals surface area (Å²) in [7, 11) is -3.63. The molecule has 0 rings (SSSR count). The van der Waals surface area contributed by atoms with Crippen molar-refractivity contribution in [3.63, 3.8) is 0 Å². The molecule has 116 valence electrons. The Morgan fingerprint density at radius 1 is 1.21 bits per heavy atom. The van der Waals surface area contributed by atoms with Gasteiger partial charge in [-0.2, -0.15) is 13.2 Å². The molecule has 0 radical (unpaired) electrons. The van der Waals surface area contributed by atoms with E-state index in [2.05, 4.69) is 20.7 Å². The Labute approximate surface area is 121 Å². The summed E-state index contributed by atoms with van der Waals surface area (Å²) < 4.78 is 61.2. The Morgan fingerprint density at radius 3 is 2.16 bits per heavy atom. The summed E-state index contributed by atoms with van der Waals surface area (Å²) in [5, 5.41) is 0. The lowest BCUT2D eigenvalue weighted by Gasteiger charge is -2.19. The first kappa shape index (κ1) is 19.2. The van der Waals surface area contributed by atoms with Crippen molar-refractivity contribution >= 4 is 26.0 Å². The Kier molecular flexibility index (Phi) is 8.54. The Morgan fingerprint density at radius 2 is 1.74 bits per heavy atom. The summed E-state index contributed by atoms with van der Waals surface area (Å²) in [6.45, 7) is 4.24. The van der Waals surface area contributed by atoms with Crippen LogP contribution in [0.1, 0.15) is 39.5 Å². The molecular weight excluding hydrogens is 347 g/mol. The fourth-order valence-corrected chi connectivity index (χ4v) is 3.93. The van der Waals surface area contributed by atoms with E-state index < -0.39 is 34.8 Å². The molecule has 0 aromatic rings. The maximum absolute atomic E-state index is 11.9. The summed E-state index contributed by atoms with van der Waals surface area (Å²) in [4.78, 5) is -0.000101. The van der Waals surface area contributed by atoms with Gasteiger partial charge in [0, 0.05) is 17.8 Å². The van der Waals surface area contributed by atoms with Gasteiger partial charge in [-0.1, -0.05) is 42.6 Å². The highest BCUT2D eigenvalue weighted by Crippen LogP contribution is 2.22. The SMILES string of the molecule is CCC(CC)C(Br)CNS(=O)(=O)CCCC(F)(F)F. The van der Waals surface area contributed by atoms with Crippen molar-refractivity contribution in [2.75, 3.05) is 12.3 Å². The monoisotopic (exact) mass is 367 g/mol. The average molecular weight is 368 g/mol. The van der Waals surface area contributed by atoms with Crippen LogP contribution in [0.4, 0.5) is 13.2 Å². The second-order valence-corrected chi connectivity index (χ2v) is 7.58. The Balaban J connectivity index is 4.10. The number of alkyl halides is 4. The topological polar surface area (TPSA) is 46.2 Å². The van der Waals surface area contributed by atoms with E-state index >= 15 is 0 Å². The van der Waals surface area contributed by atoms with Gasteiger partial charge in [0.1, 0.15) is 0 Å². The van der Waals surface area contributed by atoms with Crippen LogP contribution in [0.25, 0.3) is 0 Å². The van der Waals surface area contributed by atoms with Crippen molar-refractivity contribution in [3.8, 4) is 0 Å². The van der Waals surface area contributed by atoms with Crippen molar-refractivity contribution in [3.05, 3.63) is 0 Å². The maximum Gasteiger partial charge on any atom is 0.389 e. The highest BCUT2D eigenvalue weighted by Gasteiger charge is 2.27. The molecule has 1 unspecified atom stereocenters. The van der Waals surface area contributed by atoms with Gasteiger partial charge in [-0.3, -0.25) is 0 Å². The molecule has 0 saturated carbocycles. The van der Waals surface area contributed by atoms with Gasteiger partial charge < -0.3 is 0 Å². The first-order chi connectivity index (χ1) is 8.61.